The molecule has 0 radical (unpaired) electrons. The smallest absolute Gasteiger partial charge is 0.220 e. The summed E-state index contributed by atoms with van der Waals surface area (Å²) in [6.07, 6.45) is 37.1. The molecule has 12 unspecified atom stereocenters. The number of rotatable bonds is 47. The van der Waals surface area contributed by atoms with Gasteiger partial charge in [-0.25, -0.2) is 0 Å². The van der Waals surface area contributed by atoms with Gasteiger partial charge in [-0.05, 0) is 44.9 Å². The molecule has 2 fully saturated rings. The third-order valence-electron chi connectivity index (χ3n) is 14.6. The Morgan fingerprint density at radius 3 is 1.45 bits per heavy atom. The predicted octanol–water partition coefficient (Wildman–Crippen LogP) is 9.83. The van der Waals surface area contributed by atoms with Gasteiger partial charge in [-0.2, -0.15) is 0 Å². The first-order valence-electron chi connectivity index (χ1n) is 29.7. The fraction of sp³-hybridized carbons (Fsp3) is 0.881. The number of nitrogens with one attached hydrogen (secondary N) is 1. The zero-order valence-corrected chi connectivity index (χ0v) is 45.9. The molecule has 73 heavy (non-hydrogen) atoms. The first-order valence-corrected chi connectivity index (χ1v) is 29.7. The molecular formula is C59H109NO13. The summed E-state index contributed by atoms with van der Waals surface area (Å²) in [6, 6.07) is -0.834. The Kier molecular flexibility index (Phi) is 41.7. The van der Waals surface area contributed by atoms with E-state index in [4.69, 9.17) is 18.9 Å². The van der Waals surface area contributed by atoms with Crippen LogP contribution in [0.1, 0.15) is 239 Å². The Labute approximate surface area is 442 Å². The van der Waals surface area contributed by atoms with Crippen molar-refractivity contribution in [2.75, 3.05) is 19.8 Å². The van der Waals surface area contributed by atoms with Crippen LogP contribution in [-0.2, 0) is 23.7 Å². The molecule has 14 heteroatoms. The Balaban J connectivity index is 1.75. The molecule has 0 spiro atoms. The molecule has 0 aliphatic carbocycles. The largest absolute Gasteiger partial charge is 0.394 e. The average Bonchev–Trinajstić information content (AvgIpc) is 3.39. The molecule has 0 saturated carbocycles. The molecule has 1 amide bonds. The van der Waals surface area contributed by atoms with Crippen molar-refractivity contribution in [2.24, 2.45) is 0 Å². The zero-order valence-electron chi connectivity index (χ0n) is 45.9. The molecule has 0 aromatic rings. The molecular weight excluding hydrogens is 931 g/mol. The van der Waals surface area contributed by atoms with Crippen molar-refractivity contribution in [2.45, 2.75) is 312 Å². The van der Waals surface area contributed by atoms with Gasteiger partial charge in [0.2, 0.25) is 5.91 Å². The number of ether oxygens (including phenoxy) is 4. The van der Waals surface area contributed by atoms with E-state index in [1.807, 2.05) is 0 Å². The molecule has 2 heterocycles. The Morgan fingerprint density at radius 1 is 0.507 bits per heavy atom. The number of allylic oxidation sites excluding steroid dienone is 6. The lowest BCUT2D eigenvalue weighted by molar-refractivity contribution is -0.359. The summed E-state index contributed by atoms with van der Waals surface area (Å²) in [4.78, 5) is 13.3. The molecule has 0 aromatic carbocycles. The van der Waals surface area contributed by atoms with Gasteiger partial charge in [0.15, 0.2) is 12.6 Å². The maximum atomic E-state index is 13.3. The fourth-order valence-electron chi connectivity index (χ4n) is 9.84. The molecule has 0 aromatic heterocycles. The van der Waals surface area contributed by atoms with Crippen LogP contribution in [0.4, 0.5) is 0 Å². The van der Waals surface area contributed by atoms with Crippen molar-refractivity contribution in [3.05, 3.63) is 36.5 Å². The summed E-state index contributed by atoms with van der Waals surface area (Å²) in [5.74, 6) is -0.216. The van der Waals surface area contributed by atoms with E-state index in [-0.39, 0.29) is 12.5 Å². The summed E-state index contributed by atoms with van der Waals surface area (Å²) >= 11 is 0. The van der Waals surface area contributed by atoms with Crippen molar-refractivity contribution in [3.8, 4) is 0 Å². The number of aliphatic hydroxyl groups excluding tert-OH is 8. The van der Waals surface area contributed by atoms with Gasteiger partial charge in [-0.15, -0.1) is 0 Å². The second-order valence-electron chi connectivity index (χ2n) is 21.1. The van der Waals surface area contributed by atoms with E-state index in [1.165, 1.54) is 128 Å². The highest BCUT2D eigenvalue weighted by molar-refractivity contribution is 5.76. The molecule has 2 saturated heterocycles. The number of carbonyl (C=O) groups excluding carboxylic acids is 1. The number of amides is 1. The van der Waals surface area contributed by atoms with Crippen LogP contribution >= 0.6 is 0 Å². The van der Waals surface area contributed by atoms with Crippen molar-refractivity contribution in [1.82, 2.24) is 5.32 Å². The minimum Gasteiger partial charge on any atom is -0.394 e. The van der Waals surface area contributed by atoms with Crippen molar-refractivity contribution in [3.63, 3.8) is 0 Å². The van der Waals surface area contributed by atoms with Gasteiger partial charge in [0.1, 0.15) is 48.8 Å². The highest BCUT2D eigenvalue weighted by Gasteiger charge is 2.51. The van der Waals surface area contributed by atoms with Gasteiger partial charge >= 0.3 is 0 Å². The van der Waals surface area contributed by atoms with Crippen molar-refractivity contribution < 1.29 is 64.6 Å². The standard InChI is InChI=1S/C59H109NO13/c1-3-5-7-9-11-13-15-17-19-21-22-23-24-25-27-28-30-32-34-36-38-40-42-48(63)47(60-51(64)43-41-39-37-35-33-31-29-26-20-18-16-14-12-10-8-6-4-2)46-70-58-56(69)54(67)57(50(45-62)72-58)73-59-55(68)53(66)52(65)49(44-61)71-59/h6,8,12,14,18,20,47-50,52-59,61-63,65-69H,3-5,7,9-11,13,15-17,19,21-46H2,1-2H3,(H,60,64)/b8-6-,14-12-,20-18-. The molecule has 2 aliphatic rings. The Bertz CT molecular complexity index is 1370. The first-order chi connectivity index (χ1) is 35.6. The number of carbonyl (C=O) groups is 1. The summed E-state index contributed by atoms with van der Waals surface area (Å²) in [7, 11) is 0. The molecule has 0 bridgehead atoms. The number of unbranched alkanes of at least 4 members (excludes halogenated alkanes) is 28. The summed E-state index contributed by atoms with van der Waals surface area (Å²) in [6.45, 7) is 2.76. The predicted molar refractivity (Wildman–Crippen MR) is 291 cm³/mol. The monoisotopic (exact) mass is 1040 g/mol. The number of hydrogen-bond donors (Lipinski definition) is 9. The van der Waals surface area contributed by atoms with Crippen LogP contribution in [0, 0.1) is 0 Å². The maximum absolute atomic E-state index is 13.3. The minimum absolute atomic E-state index is 0.216. The third-order valence-corrected chi connectivity index (χ3v) is 14.6. The molecule has 2 aliphatic heterocycles. The Hall–Kier alpha value is -1.79. The summed E-state index contributed by atoms with van der Waals surface area (Å²) in [5, 5.41) is 87.3. The highest BCUT2D eigenvalue weighted by atomic mass is 16.7. The minimum atomic E-state index is -1.78. The van der Waals surface area contributed by atoms with E-state index in [0.717, 1.165) is 77.0 Å². The van der Waals surface area contributed by atoms with Crippen molar-refractivity contribution in [1.29, 1.82) is 0 Å². The van der Waals surface area contributed by atoms with E-state index in [1.54, 1.807) is 0 Å². The van der Waals surface area contributed by atoms with Crippen LogP contribution < -0.4 is 5.32 Å². The average molecular weight is 1040 g/mol. The van der Waals surface area contributed by atoms with Crippen molar-refractivity contribution >= 4 is 5.91 Å². The maximum Gasteiger partial charge on any atom is 0.220 e. The highest BCUT2D eigenvalue weighted by Crippen LogP contribution is 2.30. The van der Waals surface area contributed by atoms with E-state index < -0.39 is 86.8 Å². The molecule has 14 nitrogen and oxygen atoms in total. The molecule has 9 N–H and O–H groups in total. The van der Waals surface area contributed by atoms with Gasteiger partial charge in [0, 0.05) is 6.42 Å². The second-order valence-corrected chi connectivity index (χ2v) is 21.1. The van der Waals surface area contributed by atoms with Crippen LogP contribution in [0.2, 0.25) is 0 Å². The van der Waals surface area contributed by atoms with Crippen LogP contribution in [0.5, 0.6) is 0 Å². The molecule has 2 rings (SSSR count). The van der Waals surface area contributed by atoms with Gasteiger partial charge in [-0.3, -0.25) is 4.79 Å². The lowest BCUT2D eigenvalue weighted by Crippen LogP contribution is -2.65. The van der Waals surface area contributed by atoms with Gasteiger partial charge in [0.05, 0.1) is 32.0 Å². The van der Waals surface area contributed by atoms with Crippen LogP contribution in [0.15, 0.2) is 36.5 Å². The van der Waals surface area contributed by atoms with Gasteiger partial charge in [0.25, 0.3) is 0 Å². The first kappa shape index (κ1) is 67.3. The van der Waals surface area contributed by atoms with Crippen LogP contribution in [-0.4, -0.2) is 140 Å². The second kappa shape index (κ2) is 45.3. The third kappa shape index (κ3) is 31.3. The van der Waals surface area contributed by atoms with E-state index in [2.05, 4.69) is 55.6 Å². The molecule has 428 valence electrons. The summed E-state index contributed by atoms with van der Waals surface area (Å²) < 4.78 is 22.8. The summed E-state index contributed by atoms with van der Waals surface area (Å²) in [5.41, 5.74) is 0. The van der Waals surface area contributed by atoms with Crippen LogP contribution in [0.3, 0.4) is 0 Å². The molecule has 12 atom stereocenters. The normalized spacial score (nSPS) is 25.6. The fourth-order valence-corrected chi connectivity index (χ4v) is 9.84. The number of aliphatic hydroxyl groups is 8. The zero-order chi connectivity index (χ0) is 53.2. The Morgan fingerprint density at radius 2 is 0.945 bits per heavy atom. The van der Waals surface area contributed by atoms with E-state index in [0.29, 0.717) is 19.3 Å². The lowest BCUT2D eigenvalue weighted by atomic mass is 9.97. The van der Waals surface area contributed by atoms with E-state index >= 15 is 0 Å². The SMILES string of the molecule is CC/C=C\C/C=C\C/C=C\CCCCCCCCCC(=O)NC(COC1OC(CO)C(OC2OC(CO)C(O)C(O)C2O)C(O)C1O)C(O)CCCCCCCCCCCCCCCCCCCCCCCC. The topological polar surface area (TPSA) is 228 Å². The van der Waals surface area contributed by atoms with E-state index in [9.17, 15) is 45.6 Å². The van der Waals surface area contributed by atoms with Gasteiger partial charge in [-0.1, -0.05) is 224 Å². The lowest BCUT2D eigenvalue weighted by Gasteiger charge is -2.46. The quantitative estimate of drug-likeness (QED) is 0.0205. The van der Waals surface area contributed by atoms with Gasteiger partial charge < -0.3 is 65.1 Å². The number of hydrogen-bond acceptors (Lipinski definition) is 13. The van der Waals surface area contributed by atoms with Crippen LogP contribution in [0.25, 0.3) is 0 Å².